The number of methoxy groups -OCH3 is 1. The zero-order chi connectivity index (χ0) is 13.4. The Kier molecular flexibility index (Phi) is 6.49. The maximum absolute atomic E-state index is 9.63. The first-order chi connectivity index (χ1) is 8.61. The van der Waals surface area contributed by atoms with Gasteiger partial charge < -0.3 is 25.0 Å². The molecule has 5 heteroatoms. The molecule has 0 amide bonds. The Hall–Kier alpha value is -1.30. The lowest BCUT2D eigenvalue weighted by Gasteiger charge is -2.14. The highest BCUT2D eigenvalue weighted by Crippen LogP contribution is 2.16. The number of aliphatic hydroxyl groups excluding tert-OH is 2. The van der Waals surface area contributed by atoms with Gasteiger partial charge in [0, 0.05) is 13.1 Å². The summed E-state index contributed by atoms with van der Waals surface area (Å²) in [5, 5.41) is 21.6. The van der Waals surface area contributed by atoms with Crippen molar-refractivity contribution >= 4 is 0 Å². The van der Waals surface area contributed by atoms with Crippen molar-refractivity contribution in [1.29, 1.82) is 0 Å². The summed E-state index contributed by atoms with van der Waals surface area (Å²) in [5.74, 6) is 1.45. The number of hydrogen-bond donors (Lipinski definition) is 3. The summed E-state index contributed by atoms with van der Waals surface area (Å²) < 4.78 is 10.4. The molecule has 0 spiro atoms. The molecule has 1 aromatic rings. The van der Waals surface area contributed by atoms with Gasteiger partial charge in [-0.15, -0.1) is 0 Å². The summed E-state index contributed by atoms with van der Waals surface area (Å²) in [6.45, 7) is 2.74. The molecule has 0 aliphatic carbocycles. The Labute approximate surface area is 107 Å². The van der Waals surface area contributed by atoms with Gasteiger partial charge in [-0.25, -0.2) is 0 Å². The van der Waals surface area contributed by atoms with Crippen LogP contribution in [-0.4, -0.2) is 49.2 Å². The number of nitrogens with one attached hydrogen (secondary N) is 1. The van der Waals surface area contributed by atoms with Gasteiger partial charge >= 0.3 is 0 Å². The molecule has 102 valence electrons. The van der Waals surface area contributed by atoms with Crippen molar-refractivity contribution in [3.05, 3.63) is 24.3 Å². The van der Waals surface area contributed by atoms with E-state index >= 15 is 0 Å². The number of hydrogen-bond acceptors (Lipinski definition) is 5. The molecule has 0 radical (unpaired) electrons. The molecule has 1 aromatic carbocycles. The Balaban J connectivity index is 2.22. The van der Waals surface area contributed by atoms with Crippen molar-refractivity contribution in [3.63, 3.8) is 0 Å². The normalized spacial score (nSPS) is 14.0. The summed E-state index contributed by atoms with van der Waals surface area (Å²) in [7, 11) is 1.60. The zero-order valence-electron chi connectivity index (χ0n) is 10.8. The highest BCUT2D eigenvalue weighted by molar-refractivity contribution is 5.31. The molecular weight excluding hydrogens is 234 g/mol. The van der Waals surface area contributed by atoms with Crippen LogP contribution in [0.4, 0.5) is 0 Å². The molecule has 18 heavy (non-hydrogen) atoms. The van der Waals surface area contributed by atoms with E-state index < -0.39 is 12.2 Å². The molecule has 0 saturated heterocycles. The predicted octanol–water partition coefficient (Wildman–Crippen LogP) is 0.405. The van der Waals surface area contributed by atoms with Crippen molar-refractivity contribution in [1.82, 2.24) is 5.32 Å². The van der Waals surface area contributed by atoms with Crippen LogP contribution >= 0.6 is 0 Å². The third kappa shape index (κ3) is 5.86. The van der Waals surface area contributed by atoms with Gasteiger partial charge in [0.2, 0.25) is 0 Å². The van der Waals surface area contributed by atoms with Gasteiger partial charge in [-0.05, 0) is 31.2 Å². The Morgan fingerprint density at radius 3 is 2.28 bits per heavy atom. The lowest BCUT2D eigenvalue weighted by molar-refractivity contribution is 0.101. The number of aliphatic hydroxyl groups is 2. The van der Waals surface area contributed by atoms with Crippen LogP contribution in [0, 0.1) is 0 Å². The van der Waals surface area contributed by atoms with Crippen LogP contribution in [0.2, 0.25) is 0 Å². The number of benzene rings is 1. The lowest BCUT2D eigenvalue weighted by Crippen LogP contribution is -2.35. The van der Waals surface area contributed by atoms with Crippen molar-refractivity contribution < 1.29 is 19.7 Å². The fourth-order valence-corrected chi connectivity index (χ4v) is 1.38. The smallest absolute Gasteiger partial charge is 0.119 e. The van der Waals surface area contributed by atoms with Crippen molar-refractivity contribution in [2.24, 2.45) is 0 Å². The van der Waals surface area contributed by atoms with E-state index in [1.807, 2.05) is 0 Å². The molecule has 3 N–H and O–H groups in total. The average Bonchev–Trinajstić information content (AvgIpc) is 2.36. The minimum Gasteiger partial charge on any atom is -0.497 e. The molecule has 2 atom stereocenters. The first-order valence-electron chi connectivity index (χ1n) is 5.95. The van der Waals surface area contributed by atoms with Gasteiger partial charge in [-0.3, -0.25) is 0 Å². The third-order valence-corrected chi connectivity index (χ3v) is 2.32. The van der Waals surface area contributed by atoms with Crippen LogP contribution in [0.5, 0.6) is 11.5 Å². The molecule has 5 nitrogen and oxygen atoms in total. The van der Waals surface area contributed by atoms with E-state index in [0.717, 1.165) is 5.75 Å². The first kappa shape index (κ1) is 14.8. The van der Waals surface area contributed by atoms with Gasteiger partial charge in [-0.1, -0.05) is 0 Å². The van der Waals surface area contributed by atoms with Gasteiger partial charge in [-0.2, -0.15) is 0 Å². The summed E-state index contributed by atoms with van der Waals surface area (Å²) in [5.41, 5.74) is 0. The summed E-state index contributed by atoms with van der Waals surface area (Å²) >= 11 is 0. The minimum absolute atomic E-state index is 0.207. The fourth-order valence-electron chi connectivity index (χ4n) is 1.38. The van der Waals surface area contributed by atoms with Gasteiger partial charge in [0.25, 0.3) is 0 Å². The molecule has 0 aliphatic heterocycles. The van der Waals surface area contributed by atoms with E-state index in [-0.39, 0.29) is 6.61 Å². The molecule has 1 rings (SSSR count). The van der Waals surface area contributed by atoms with E-state index in [4.69, 9.17) is 14.6 Å². The van der Waals surface area contributed by atoms with Crippen LogP contribution in [0.3, 0.4) is 0 Å². The van der Waals surface area contributed by atoms with E-state index in [9.17, 15) is 5.11 Å². The van der Waals surface area contributed by atoms with Crippen LogP contribution in [0.25, 0.3) is 0 Å². The van der Waals surface area contributed by atoms with Crippen LogP contribution in [0.1, 0.15) is 6.92 Å². The first-order valence-corrected chi connectivity index (χ1v) is 5.95. The van der Waals surface area contributed by atoms with Crippen molar-refractivity contribution in [2.45, 2.75) is 19.1 Å². The average molecular weight is 255 g/mol. The molecular formula is C13H21NO4. The highest BCUT2D eigenvalue weighted by Gasteiger charge is 2.05. The van der Waals surface area contributed by atoms with E-state index in [0.29, 0.717) is 18.8 Å². The molecule has 0 aliphatic rings. The van der Waals surface area contributed by atoms with Crippen molar-refractivity contribution in [2.75, 3.05) is 26.8 Å². The summed E-state index contributed by atoms with van der Waals surface area (Å²) in [4.78, 5) is 0. The molecule has 0 heterocycles. The minimum atomic E-state index is -0.606. The maximum Gasteiger partial charge on any atom is 0.119 e. The molecule has 0 bridgehead atoms. The summed E-state index contributed by atoms with van der Waals surface area (Å²) in [6.07, 6.45) is -1.02. The van der Waals surface area contributed by atoms with Gasteiger partial charge in [0.15, 0.2) is 0 Å². The van der Waals surface area contributed by atoms with E-state index in [1.165, 1.54) is 0 Å². The van der Waals surface area contributed by atoms with Crippen LogP contribution in [-0.2, 0) is 0 Å². The quantitative estimate of drug-likeness (QED) is 0.627. The highest BCUT2D eigenvalue weighted by atomic mass is 16.5. The second kappa shape index (κ2) is 7.92. The fraction of sp³-hybridized carbons (Fsp3) is 0.538. The molecule has 0 aromatic heterocycles. The Morgan fingerprint density at radius 2 is 1.72 bits per heavy atom. The van der Waals surface area contributed by atoms with E-state index in [1.54, 1.807) is 38.3 Å². The van der Waals surface area contributed by atoms with Gasteiger partial charge in [0.05, 0.1) is 13.2 Å². The zero-order valence-corrected chi connectivity index (χ0v) is 10.8. The largest absolute Gasteiger partial charge is 0.497 e. The lowest BCUT2D eigenvalue weighted by atomic mass is 10.3. The second-order valence-corrected chi connectivity index (χ2v) is 4.15. The monoisotopic (exact) mass is 255 g/mol. The molecule has 0 fully saturated rings. The number of rotatable bonds is 8. The summed E-state index contributed by atoms with van der Waals surface area (Å²) in [6, 6.07) is 7.17. The molecule has 2 unspecified atom stereocenters. The Morgan fingerprint density at radius 1 is 1.11 bits per heavy atom. The third-order valence-electron chi connectivity index (χ3n) is 2.32. The topological polar surface area (TPSA) is 71.0 Å². The predicted molar refractivity (Wildman–Crippen MR) is 69.0 cm³/mol. The standard InChI is InChI=1S/C13H21NO4/c1-10(15)7-14-8-11(16)9-18-13-5-3-12(17-2)4-6-13/h3-6,10-11,14-16H,7-9H2,1-2H3. The van der Waals surface area contributed by atoms with Crippen molar-refractivity contribution in [3.8, 4) is 11.5 Å². The van der Waals surface area contributed by atoms with Crippen LogP contribution < -0.4 is 14.8 Å². The Bertz CT molecular complexity index is 326. The SMILES string of the molecule is COc1ccc(OCC(O)CNCC(C)O)cc1. The number of ether oxygens (including phenoxy) is 2. The molecule has 0 saturated carbocycles. The maximum atomic E-state index is 9.63. The van der Waals surface area contributed by atoms with Gasteiger partial charge in [0.1, 0.15) is 24.2 Å². The van der Waals surface area contributed by atoms with E-state index in [2.05, 4.69) is 5.32 Å². The van der Waals surface area contributed by atoms with Crippen LogP contribution in [0.15, 0.2) is 24.3 Å². The second-order valence-electron chi connectivity index (χ2n) is 4.15.